The lowest BCUT2D eigenvalue weighted by Gasteiger charge is -2.20. The van der Waals surface area contributed by atoms with Gasteiger partial charge in [0.15, 0.2) is 0 Å². The average molecular weight is 222 g/mol. The van der Waals surface area contributed by atoms with Gasteiger partial charge in [0.25, 0.3) is 0 Å². The Balaban J connectivity index is 1.84. The van der Waals surface area contributed by atoms with E-state index in [1.807, 2.05) is 12.1 Å². The minimum atomic E-state index is 0.323. The molecule has 90 valence electrons. The van der Waals surface area contributed by atoms with Gasteiger partial charge in [0.2, 0.25) is 0 Å². The van der Waals surface area contributed by atoms with Gasteiger partial charge in [-0.3, -0.25) is 0 Å². The summed E-state index contributed by atoms with van der Waals surface area (Å²) in [5, 5.41) is 3.66. The second-order valence-corrected chi connectivity index (χ2v) is 4.83. The zero-order valence-electron chi connectivity index (χ0n) is 10.3. The first-order valence-electron chi connectivity index (χ1n) is 6.23. The molecule has 2 rings (SSSR count). The van der Waals surface area contributed by atoms with E-state index in [2.05, 4.69) is 24.2 Å². The molecular weight excluding hydrogens is 200 g/mol. The largest absolute Gasteiger partial charge is 0.468 e. The van der Waals surface area contributed by atoms with Crippen LogP contribution in [0.3, 0.4) is 0 Å². The summed E-state index contributed by atoms with van der Waals surface area (Å²) in [6.45, 7) is 4.60. The summed E-state index contributed by atoms with van der Waals surface area (Å²) in [5.41, 5.74) is 0. The zero-order valence-corrected chi connectivity index (χ0v) is 10.3. The van der Waals surface area contributed by atoms with Gasteiger partial charge in [0, 0.05) is 6.04 Å². The molecule has 0 amide bonds. The summed E-state index contributed by atoms with van der Waals surface area (Å²) in [7, 11) is 2.21. The summed E-state index contributed by atoms with van der Waals surface area (Å²) >= 11 is 0. The molecule has 1 aromatic heterocycles. The Morgan fingerprint density at radius 2 is 2.31 bits per heavy atom. The van der Waals surface area contributed by atoms with E-state index in [4.69, 9.17) is 4.42 Å². The maximum absolute atomic E-state index is 5.42. The molecule has 1 aliphatic rings. The number of rotatable bonds is 3. The van der Waals surface area contributed by atoms with Crippen LogP contribution in [-0.2, 0) is 0 Å². The Labute approximate surface area is 97.8 Å². The highest BCUT2D eigenvalue weighted by atomic mass is 16.3. The van der Waals surface area contributed by atoms with Crippen LogP contribution in [0, 0.1) is 0 Å². The molecule has 1 aliphatic heterocycles. The van der Waals surface area contributed by atoms with Crippen molar-refractivity contribution in [3.8, 4) is 0 Å². The van der Waals surface area contributed by atoms with Crippen LogP contribution in [0.5, 0.6) is 0 Å². The molecule has 0 saturated carbocycles. The molecule has 0 aromatic carbocycles. The molecule has 0 aliphatic carbocycles. The van der Waals surface area contributed by atoms with Crippen molar-refractivity contribution in [2.24, 2.45) is 0 Å². The number of furan rings is 1. The Morgan fingerprint density at radius 1 is 1.44 bits per heavy atom. The van der Waals surface area contributed by atoms with E-state index in [1.165, 1.54) is 32.4 Å². The Morgan fingerprint density at radius 3 is 3.06 bits per heavy atom. The predicted molar refractivity (Wildman–Crippen MR) is 65.4 cm³/mol. The highest BCUT2D eigenvalue weighted by Crippen LogP contribution is 2.17. The summed E-state index contributed by atoms with van der Waals surface area (Å²) in [4.78, 5) is 2.42. The van der Waals surface area contributed by atoms with E-state index in [1.54, 1.807) is 6.26 Å². The van der Waals surface area contributed by atoms with E-state index in [9.17, 15) is 0 Å². The smallest absolute Gasteiger partial charge is 0.120 e. The van der Waals surface area contributed by atoms with Crippen LogP contribution in [0.25, 0.3) is 0 Å². The highest BCUT2D eigenvalue weighted by Gasteiger charge is 2.18. The molecule has 2 heterocycles. The SMILES string of the molecule is C[C@@H](NC1CCCN(C)CC1)c1ccco1. The van der Waals surface area contributed by atoms with Crippen molar-refractivity contribution in [1.29, 1.82) is 0 Å². The van der Waals surface area contributed by atoms with Crippen molar-refractivity contribution in [2.75, 3.05) is 20.1 Å². The topological polar surface area (TPSA) is 28.4 Å². The van der Waals surface area contributed by atoms with Crippen LogP contribution in [0.2, 0.25) is 0 Å². The van der Waals surface area contributed by atoms with Gasteiger partial charge < -0.3 is 14.6 Å². The predicted octanol–water partition coefficient (Wildman–Crippen LogP) is 2.41. The molecule has 3 nitrogen and oxygen atoms in total. The molecule has 1 saturated heterocycles. The van der Waals surface area contributed by atoms with Gasteiger partial charge in [-0.15, -0.1) is 0 Å². The van der Waals surface area contributed by atoms with Crippen molar-refractivity contribution in [3.05, 3.63) is 24.2 Å². The van der Waals surface area contributed by atoms with Crippen molar-refractivity contribution in [3.63, 3.8) is 0 Å². The van der Waals surface area contributed by atoms with Gasteiger partial charge in [-0.1, -0.05) is 0 Å². The van der Waals surface area contributed by atoms with Crippen LogP contribution in [0.1, 0.15) is 38.0 Å². The Bertz CT molecular complexity index is 297. The minimum absolute atomic E-state index is 0.323. The van der Waals surface area contributed by atoms with E-state index < -0.39 is 0 Å². The molecule has 3 heteroatoms. The molecule has 2 atom stereocenters. The van der Waals surface area contributed by atoms with Gasteiger partial charge in [-0.05, 0) is 58.5 Å². The van der Waals surface area contributed by atoms with Gasteiger partial charge in [-0.25, -0.2) is 0 Å². The summed E-state index contributed by atoms with van der Waals surface area (Å²) in [5.74, 6) is 1.04. The maximum atomic E-state index is 5.42. The lowest BCUT2D eigenvalue weighted by molar-refractivity contribution is 0.334. The van der Waals surface area contributed by atoms with Crippen LogP contribution in [0.15, 0.2) is 22.8 Å². The molecule has 0 spiro atoms. The molecule has 1 unspecified atom stereocenters. The third-order valence-corrected chi connectivity index (χ3v) is 3.41. The molecular formula is C13H22N2O. The third-order valence-electron chi connectivity index (χ3n) is 3.41. The number of hydrogen-bond donors (Lipinski definition) is 1. The van der Waals surface area contributed by atoms with E-state index in [-0.39, 0.29) is 0 Å². The molecule has 16 heavy (non-hydrogen) atoms. The third kappa shape index (κ3) is 3.09. The average Bonchev–Trinajstić information content (AvgIpc) is 2.72. The molecule has 0 bridgehead atoms. The molecule has 0 radical (unpaired) electrons. The van der Waals surface area contributed by atoms with Crippen molar-refractivity contribution in [2.45, 2.75) is 38.3 Å². The van der Waals surface area contributed by atoms with Crippen molar-refractivity contribution >= 4 is 0 Å². The number of nitrogens with one attached hydrogen (secondary N) is 1. The van der Waals surface area contributed by atoms with E-state index in [0.29, 0.717) is 12.1 Å². The molecule has 1 fully saturated rings. The molecule has 1 aromatic rings. The normalized spacial score (nSPS) is 25.2. The van der Waals surface area contributed by atoms with Gasteiger partial charge in [0.05, 0.1) is 12.3 Å². The van der Waals surface area contributed by atoms with Gasteiger partial charge >= 0.3 is 0 Å². The fourth-order valence-electron chi connectivity index (χ4n) is 2.38. The standard InChI is InChI=1S/C13H22N2O/c1-11(13-6-4-10-16-13)14-12-5-3-8-15(2)9-7-12/h4,6,10-12,14H,3,5,7-9H2,1-2H3/t11-,12?/m1/s1. The fourth-order valence-corrected chi connectivity index (χ4v) is 2.38. The van der Waals surface area contributed by atoms with Crippen LogP contribution < -0.4 is 5.32 Å². The van der Waals surface area contributed by atoms with Crippen molar-refractivity contribution in [1.82, 2.24) is 10.2 Å². The Hall–Kier alpha value is -0.800. The monoisotopic (exact) mass is 222 g/mol. The van der Waals surface area contributed by atoms with Crippen LogP contribution in [-0.4, -0.2) is 31.1 Å². The molecule has 1 N–H and O–H groups in total. The van der Waals surface area contributed by atoms with Crippen LogP contribution >= 0.6 is 0 Å². The first-order chi connectivity index (χ1) is 7.75. The minimum Gasteiger partial charge on any atom is -0.468 e. The summed E-state index contributed by atoms with van der Waals surface area (Å²) < 4.78 is 5.42. The van der Waals surface area contributed by atoms with Gasteiger partial charge in [-0.2, -0.15) is 0 Å². The second-order valence-electron chi connectivity index (χ2n) is 4.83. The zero-order chi connectivity index (χ0) is 11.4. The fraction of sp³-hybridized carbons (Fsp3) is 0.692. The highest BCUT2D eigenvalue weighted by molar-refractivity contribution is 5.03. The van der Waals surface area contributed by atoms with Crippen LogP contribution in [0.4, 0.5) is 0 Å². The number of likely N-dealkylation sites (tertiary alicyclic amines) is 1. The van der Waals surface area contributed by atoms with E-state index >= 15 is 0 Å². The summed E-state index contributed by atoms with van der Waals surface area (Å²) in [6.07, 6.45) is 5.55. The first kappa shape index (κ1) is 11.7. The second kappa shape index (κ2) is 5.51. The lowest BCUT2D eigenvalue weighted by atomic mass is 10.1. The number of hydrogen-bond acceptors (Lipinski definition) is 3. The van der Waals surface area contributed by atoms with E-state index in [0.717, 1.165) is 5.76 Å². The van der Waals surface area contributed by atoms with Crippen molar-refractivity contribution < 1.29 is 4.42 Å². The Kier molecular flexibility index (Phi) is 4.02. The lowest BCUT2D eigenvalue weighted by Crippen LogP contribution is -2.32. The quantitative estimate of drug-likeness (QED) is 0.851. The van der Waals surface area contributed by atoms with Gasteiger partial charge in [0.1, 0.15) is 5.76 Å². The number of nitrogens with zero attached hydrogens (tertiary/aromatic N) is 1. The first-order valence-corrected chi connectivity index (χ1v) is 6.23. The maximum Gasteiger partial charge on any atom is 0.120 e. The summed E-state index contributed by atoms with van der Waals surface area (Å²) in [6, 6.07) is 4.95.